The summed E-state index contributed by atoms with van der Waals surface area (Å²) in [5.74, 6) is -0.485. The third kappa shape index (κ3) is 5.67. The maximum absolute atomic E-state index is 12.1. The maximum atomic E-state index is 12.1. The van der Waals surface area contributed by atoms with Crippen molar-refractivity contribution in [1.29, 1.82) is 0 Å². The molecule has 0 saturated carbocycles. The fraction of sp³-hybridized carbons (Fsp3) is 0.400. The molecule has 1 aliphatic rings. The highest BCUT2D eigenvalue weighted by atomic mass is 16.5. The fourth-order valence-electron chi connectivity index (χ4n) is 3.09. The normalized spacial score (nSPS) is 15.9. The molecule has 3 rings (SSSR count). The summed E-state index contributed by atoms with van der Waals surface area (Å²) in [4.78, 5) is 26.4. The number of carbonyl (C=O) groups excluding carboxylic acids is 2. The van der Waals surface area contributed by atoms with Gasteiger partial charge >= 0.3 is 11.8 Å². The summed E-state index contributed by atoms with van der Waals surface area (Å²) in [6.07, 6.45) is 2.30. The number of morpholine rings is 1. The number of nitrogens with one attached hydrogen (secondary N) is 2. The van der Waals surface area contributed by atoms with Gasteiger partial charge in [0.05, 0.1) is 25.5 Å². The first-order chi connectivity index (χ1) is 13.2. The molecule has 2 amide bonds. The summed E-state index contributed by atoms with van der Waals surface area (Å²) < 4.78 is 10.9. The molecule has 0 spiro atoms. The lowest BCUT2D eigenvalue weighted by Gasteiger charge is -2.33. The Morgan fingerprint density at radius 3 is 2.44 bits per heavy atom. The number of carbonyl (C=O) groups is 2. The highest BCUT2D eigenvalue weighted by molar-refractivity contribution is 6.35. The lowest BCUT2D eigenvalue weighted by Crippen LogP contribution is -2.46. The zero-order chi connectivity index (χ0) is 18.9. The summed E-state index contributed by atoms with van der Waals surface area (Å²) in [5.41, 5.74) is 1.11. The van der Waals surface area contributed by atoms with Crippen molar-refractivity contribution >= 4 is 11.8 Å². The first kappa shape index (κ1) is 19.1. The van der Waals surface area contributed by atoms with Gasteiger partial charge in [0.2, 0.25) is 0 Å². The van der Waals surface area contributed by atoms with Gasteiger partial charge in [0.15, 0.2) is 0 Å². The number of furan rings is 1. The highest BCUT2D eigenvalue weighted by Crippen LogP contribution is 2.21. The summed E-state index contributed by atoms with van der Waals surface area (Å²) in [7, 11) is 0. The smallest absolute Gasteiger partial charge is 0.309 e. The summed E-state index contributed by atoms with van der Waals surface area (Å²) in [6.45, 7) is 3.52. The van der Waals surface area contributed by atoms with Gasteiger partial charge < -0.3 is 19.8 Å². The van der Waals surface area contributed by atoms with Gasteiger partial charge in [-0.15, -0.1) is 0 Å². The molecule has 2 aromatic rings. The molecule has 7 heteroatoms. The minimum Gasteiger partial charge on any atom is -0.468 e. The molecule has 1 aromatic carbocycles. The zero-order valence-corrected chi connectivity index (χ0v) is 15.2. The van der Waals surface area contributed by atoms with Gasteiger partial charge in [0.1, 0.15) is 5.76 Å². The third-order valence-electron chi connectivity index (χ3n) is 4.56. The van der Waals surface area contributed by atoms with E-state index >= 15 is 0 Å². The van der Waals surface area contributed by atoms with Crippen LogP contribution in [0.25, 0.3) is 0 Å². The van der Waals surface area contributed by atoms with Crippen LogP contribution in [0.15, 0.2) is 53.1 Å². The molecule has 1 aliphatic heterocycles. The molecule has 0 bridgehead atoms. The Hall–Kier alpha value is -2.64. The van der Waals surface area contributed by atoms with Crippen molar-refractivity contribution in [1.82, 2.24) is 15.5 Å². The number of hydrogen-bond acceptors (Lipinski definition) is 5. The average molecular weight is 371 g/mol. The third-order valence-corrected chi connectivity index (χ3v) is 4.56. The van der Waals surface area contributed by atoms with Crippen molar-refractivity contribution in [3.8, 4) is 0 Å². The standard InChI is InChI=1S/C20H25N3O4/c24-19(21-9-8-16-5-2-1-3-6-16)20(25)22-15-17(18-7-4-12-27-18)23-10-13-26-14-11-23/h1-7,12,17H,8-11,13-15H2,(H,21,24)(H,22,25)/t17-/m0/s1. The van der Waals surface area contributed by atoms with Crippen LogP contribution in [-0.2, 0) is 20.7 Å². The molecule has 1 saturated heterocycles. The van der Waals surface area contributed by atoms with E-state index in [2.05, 4.69) is 15.5 Å². The van der Waals surface area contributed by atoms with Gasteiger partial charge in [0.25, 0.3) is 0 Å². The molecule has 7 nitrogen and oxygen atoms in total. The predicted molar refractivity (Wildman–Crippen MR) is 100 cm³/mol. The molecular formula is C20H25N3O4. The van der Waals surface area contributed by atoms with Crippen LogP contribution in [0.4, 0.5) is 0 Å². The second kappa shape index (κ2) is 9.89. The molecule has 1 aromatic heterocycles. The molecule has 2 heterocycles. The van der Waals surface area contributed by atoms with E-state index < -0.39 is 11.8 Å². The van der Waals surface area contributed by atoms with Gasteiger partial charge in [-0.1, -0.05) is 30.3 Å². The Bertz CT molecular complexity index is 712. The quantitative estimate of drug-likeness (QED) is 0.713. The van der Waals surface area contributed by atoms with Crippen LogP contribution in [0.1, 0.15) is 17.4 Å². The van der Waals surface area contributed by atoms with E-state index in [0.717, 1.165) is 24.4 Å². The number of nitrogens with zero attached hydrogens (tertiary/aromatic N) is 1. The van der Waals surface area contributed by atoms with Gasteiger partial charge in [-0.05, 0) is 24.1 Å². The minimum absolute atomic E-state index is 0.120. The predicted octanol–water partition coefficient (Wildman–Crippen LogP) is 1.13. The zero-order valence-electron chi connectivity index (χ0n) is 15.2. The number of ether oxygens (including phenoxy) is 1. The van der Waals surface area contributed by atoms with Crippen LogP contribution in [0.3, 0.4) is 0 Å². The maximum Gasteiger partial charge on any atom is 0.309 e. The van der Waals surface area contributed by atoms with Crippen molar-refractivity contribution in [3.63, 3.8) is 0 Å². The summed E-state index contributed by atoms with van der Waals surface area (Å²) in [5, 5.41) is 5.38. The lowest BCUT2D eigenvalue weighted by atomic mass is 10.1. The molecule has 0 aliphatic carbocycles. The van der Waals surface area contributed by atoms with Crippen LogP contribution in [0, 0.1) is 0 Å². The Kier molecular flexibility index (Phi) is 7.01. The van der Waals surface area contributed by atoms with Gasteiger partial charge in [-0.2, -0.15) is 0 Å². The molecule has 27 heavy (non-hydrogen) atoms. The van der Waals surface area contributed by atoms with Crippen molar-refractivity contribution in [3.05, 3.63) is 60.1 Å². The number of benzene rings is 1. The van der Waals surface area contributed by atoms with E-state index in [1.165, 1.54) is 0 Å². The molecule has 0 radical (unpaired) electrons. The van der Waals surface area contributed by atoms with Crippen LogP contribution < -0.4 is 10.6 Å². The molecule has 1 fully saturated rings. The highest BCUT2D eigenvalue weighted by Gasteiger charge is 2.26. The van der Waals surface area contributed by atoms with E-state index in [4.69, 9.17) is 9.15 Å². The monoisotopic (exact) mass is 371 g/mol. The molecule has 2 N–H and O–H groups in total. The van der Waals surface area contributed by atoms with Gasteiger partial charge in [-0.25, -0.2) is 0 Å². The average Bonchev–Trinajstić information content (AvgIpc) is 3.24. The summed E-state index contributed by atoms with van der Waals surface area (Å²) >= 11 is 0. The lowest BCUT2D eigenvalue weighted by molar-refractivity contribution is -0.139. The van der Waals surface area contributed by atoms with Crippen LogP contribution in [-0.4, -0.2) is 56.1 Å². The number of amides is 2. The van der Waals surface area contributed by atoms with E-state index in [0.29, 0.717) is 32.7 Å². The topological polar surface area (TPSA) is 83.8 Å². The largest absolute Gasteiger partial charge is 0.468 e. The second-order valence-corrected chi connectivity index (χ2v) is 6.38. The van der Waals surface area contributed by atoms with Crippen LogP contribution in [0.5, 0.6) is 0 Å². The van der Waals surface area contributed by atoms with Crippen molar-refractivity contribution in [2.24, 2.45) is 0 Å². The molecule has 0 unspecified atom stereocenters. The van der Waals surface area contributed by atoms with Crippen LogP contribution in [0.2, 0.25) is 0 Å². The molecular weight excluding hydrogens is 346 g/mol. The van der Waals surface area contributed by atoms with E-state index in [9.17, 15) is 9.59 Å². The minimum atomic E-state index is -0.632. The SMILES string of the molecule is O=C(NCCc1ccccc1)C(=O)NC[C@@H](c1ccco1)N1CCOCC1. The Balaban J connectivity index is 1.47. The second-order valence-electron chi connectivity index (χ2n) is 6.38. The van der Waals surface area contributed by atoms with Crippen molar-refractivity contribution in [2.75, 3.05) is 39.4 Å². The van der Waals surface area contributed by atoms with Crippen molar-refractivity contribution in [2.45, 2.75) is 12.5 Å². The van der Waals surface area contributed by atoms with Crippen LogP contribution >= 0.6 is 0 Å². The molecule has 1 atom stereocenters. The van der Waals surface area contributed by atoms with E-state index in [1.807, 2.05) is 42.5 Å². The first-order valence-electron chi connectivity index (χ1n) is 9.19. The van der Waals surface area contributed by atoms with Crippen molar-refractivity contribution < 1.29 is 18.7 Å². The van der Waals surface area contributed by atoms with E-state index in [1.54, 1.807) is 6.26 Å². The van der Waals surface area contributed by atoms with Gasteiger partial charge in [-0.3, -0.25) is 14.5 Å². The Labute approximate surface area is 158 Å². The first-order valence-corrected chi connectivity index (χ1v) is 9.19. The number of hydrogen-bond donors (Lipinski definition) is 2. The van der Waals surface area contributed by atoms with Gasteiger partial charge in [0, 0.05) is 26.2 Å². The van der Waals surface area contributed by atoms with E-state index in [-0.39, 0.29) is 6.04 Å². The Morgan fingerprint density at radius 1 is 1.00 bits per heavy atom. The number of rotatable bonds is 7. The summed E-state index contributed by atoms with van der Waals surface area (Å²) in [6, 6.07) is 13.4. The molecule has 144 valence electrons. The Morgan fingerprint density at radius 2 is 1.74 bits per heavy atom. The fourth-order valence-corrected chi connectivity index (χ4v) is 3.09.